The molecule has 1 fully saturated rings. The van der Waals surface area contributed by atoms with E-state index in [1.165, 1.54) is 0 Å². The van der Waals surface area contributed by atoms with E-state index in [9.17, 15) is 24.6 Å². The minimum Gasteiger partial charge on any atom is -0.494 e. The Morgan fingerprint density at radius 2 is 1.71 bits per heavy atom. The average molecular weight is 674 g/mol. The maximum absolute atomic E-state index is 14.8. The highest BCUT2D eigenvalue weighted by Crippen LogP contribution is 2.61. The molecular weight excluding hydrogens is 627 g/mol. The smallest absolute Gasteiger partial charge is 0.268 e. The van der Waals surface area contributed by atoms with Crippen LogP contribution in [0, 0.1) is 5.92 Å². The zero-order chi connectivity index (χ0) is 34.2. The van der Waals surface area contributed by atoms with Crippen molar-refractivity contribution >= 4 is 42.9 Å². The zero-order valence-electron chi connectivity index (χ0n) is 28.2. The van der Waals surface area contributed by atoms with Crippen LogP contribution in [-0.4, -0.2) is 73.7 Å². The highest BCUT2D eigenvalue weighted by molar-refractivity contribution is 6.71. The van der Waals surface area contributed by atoms with Gasteiger partial charge in [0.25, 0.3) is 5.91 Å². The number of aliphatic hydroxyl groups excluding tert-OH is 2. The lowest BCUT2D eigenvalue weighted by molar-refractivity contribution is -0.145. The van der Waals surface area contributed by atoms with E-state index in [-0.39, 0.29) is 30.6 Å². The fourth-order valence-corrected chi connectivity index (χ4v) is 10.7. The van der Waals surface area contributed by atoms with Gasteiger partial charge in [-0.2, -0.15) is 0 Å². The van der Waals surface area contributed by atoms with Gasteiger partial charge in [-0.15, -0.1) is 0 Å². The van der Waals surface area contributed by atoms with Crippen LogP contribution in [0.2, 0.25) is 18.6 Å². The highest BCUT2D eigenvalue weighted by Gasteiger charge is 2.66. The third-order valence-corrected chi connectivity index (χ3v) is 12.6. The number of amides is 2. The number of ether oxygens (including phenoxy) is 2. The lowest BCUT2D eigenvalue weighted by Gasteiger charge is -2.36. The van der Waals surface area contributed by atoms with Crippen LogP contribution >= 0.6 is 0 Å². The van der Waals surface area contributed by atoms with Gasteiger partial charge >= 0.3 is 0 Å². The zero-order valence-corrected chi connectivity index (χ0v) is 29.2. The first-order valence-electron chi connectivity index (χ1n) is 17.1. The maximum Gasteiger partial charge on any atom is 0.268 e. The second-order valence-electron chi connectivity index (χ2n) is 13.6. The summed E-state index contributed by atoms with van der Waals surface area (Å²) in [6.45, 7) is 8.70. The molecular formula is C37H47N3O7Si. The van der Waals surface area contributed by atoms with Crippen molar-refractivity contribution in [3.05, 3.63) is 77.9 Å². The van der Waals surface area contributed by atoms with Crippen molar-refractivity contribution in [1.29, 1.82) is 0 Å². The number of rotatable bonds is 12. The molecule has 0 aliphatic carbocycles. The molecule has 2 amide bonds. The summed E-state index contributed by atoms with van der Waals surface area (Å²) in [6, 6.07) is 20.4. The number of carbonyl (C=O) groups excluding carboxylic acids is 2. The molecule has 3 aromatic rings. The molecule has 3 aliphatic heterocycles. The third-order valence-electron chi connectivity index (χ3n) is 10.1. The Labute approximate surface area is 283 Å². The molecule has 1 saturated heterocycles. The minimum absolute atomic E-state index is 0.0963. The molecule has 10 nitrogen and oxygen atoms in total. The number of hydrogen-bond donors (Lipinski definition) is 4. The van der Waals surface area contributed by atoms with Gasteiger partial charge in [0.15, 0.2) is 13.9 Å². The number of hydrogen-bond acceptors (Lipinski definition) is 8. The van der Waals surface area contributed by atoms with E-state index < -0.39 is 32.0 Å². The summed E-state index contributed by atoms with van der Waals surface area (Å²) in [5.41, 5.74) is 2.56. The number of fused-ring (bicyclic) bond motifs is 3. The van der Waals surface area contributed by atoms with E-state index in [1.807, 2.05) is 93.7 Å². The largest absolute Gasteiger partial charge is 0.494 e. The Morgan fingerprint density at radius 3 is 2.40 bits per heavy atom. The summed E-state index contributed by atoms with van der Waals surface area (Å²) in [7, 11) is -2.89. The van der Waals surface area contributed by atoms with Crippen LogP contribution in [0.5, 0.6) is 5.75 Å². The standard InChI is InChI=1S/C37H47N3O7Si/c1-5-46-28-14-16-31-25(21-28)22-30(38-18-9-10-19-41)35(43)39(31)27-13-15-32-29(23-27)37(36(44)40(32)26-11-7-6-8-12-26)24(2)34(48(3,4)45)33(47-37)17-20-42/h6-8,11-16,21,23-24,30,33-34,38,41-42,45H,5,9-10,17-20,22H2,1-4H3/t24-,30?,33+,34-,37+/m1/s1. The SMILES string of the molecule is CCOc1ccc2c(c1)CC(NCCCCO)C(=O)N2c1ccc2c(c1)[C@]1(O[C@@H](CCO)[C@H]([Si](C)(C)O)[C@H]1C)C(=O)N2c1ccccc1. The molecule has 0 radical (unpaired) electrons. The predicted octanol–water partition coefficient (Wildman–Crippen LogP) is 4.90. The molecule has 11 heteroatoms. The maximum atomic E-state index is 14.8. The number of unbranched alkanes of at least 4 members (excludes halogenated alkanes) is 1. The first-order chi connectivity index (χ1) is 23.1. The summed E-state index contributed by atoms with van der Waals surface area (Å²) >= 11 is 0. The van der Waals surface area contributed by atoms with Crippen molar-refractivity contribution in [3.8, 4) is 5.75 Å². The van der Waals surface area contributed by atoms with Crippen molar-refractivity contribution in [2.75, 3.05) is 36.2 Å². The normalized spacial score (nSPS) is 25.1. The van der Waals surface area contributed by atoms with Gasteiger partial charge in [-0.25, -0.2) is 0 Å². The molecule has 6 rings (SSSR count). The van der Waals surface area contributed by atoms with Gasteiger partial charge in [0.1, 0.15) is 5.75 Å². The third kappa shape index (κ3) is 5.86. The summed E-state index contributed by atoms with van der Waals surface area (Å²) < 4.78 is 12.7. The minimum atomic E-state index is -2.89. The molecule has 1 unspecified atom stereocenters. The molecule has 0 saturated carbocycles. The number of carbonyl (C=O) groups is 2. The van der Waals surface area contributed by atoms with Crippen LogP contribution in [0.15, 0.2) is 66.7 Å². The summed E-state index contributed by atoms with van der Waals surface area (Å²) in [5.74, 6) is -0.0390. The van der Waals surface area contributed by atoms with Crippen LogP contribution in [-0.2, 0) is 26.3 Å². The molecule has 256 valence electrons. The topological polar surface area (TPSA) is 132 Å². The van der Waals surface area contributed by atoms with Gasteiger partial charge in [0, 0.05) is 41.6 Å². The van der Waals surface area contributed by atoms with Crippen molar-refractivity contribution in [3.63, 3.8) is 0 Å². The van der Waals surface area contributed by atoms with E-state index in [2.05, 4.69) is 5.32 Å². The van der Waals surface area contributed by atoms with Gasteiger partial charge in [-0.3, -0.25) is 19.4 Å². The molecule has 5 atom stereocenters. The molecule has 4 N–H and O–H groups in total. The number of nitrogens with one attached hydrogen (secondary N) is 1. The Hall–Kier alpha value is -3.58. The second kappa shape index (κ2) is 13.7. The van der Waals surface area contributed by atoms with Crippen molar-refractivity contribution < 1.29 is 34.1 Å². The number of nitrogens with zero attached hydrogens (tertiary/aromatic N) is 2. The van der Waals surface area contributed by atoms with Crippen molar-refractivity contribution in [2.45, 2.75) is 75.9 Å². The average Bonchev–Trinajstić information content (AvgIpc) is 3.50. The molecule has 3 aromatic carbocycles. The first-order valence-corrected chi connectivity index (χ1v) is 20.1. The van der Waals surface area contributed by atoms with Crippen LogP contribution < -0.4 is 19.9 Å². The first kappa shape index (κ1) is 34.3. The predicted molar refractivity (Wildman–Crippen MR) is 187 cm³/mol. The lowest BCUT2D eigenvalue weighted by atomic mass is 9.82. The Bertz CT molecular complexity index is 1650. The van der Waals surface area contributed by atoms with Crippen LogP contribution in [0.4, 0.5) is 22.7 Å². The van der Waals surface area contributed by atoms with Crippen molar-refractivity contribution in [2.24, 2.45) is 5.92 Å². The summed E-state index contributed by atoms with van der Waals surface area (Å²) in [6.07, 6.45) is 1.65. The molecule has 3 aliphatic rings. The van der Waals surface area contributed by atoms with E-state index in [4.69, 9.17) is 9.47 Å². The molecule has 0 aromatic heterocycles. The van der Waals surface area contributed by atoms with Gasteiger partial charge in [-0.1, -0.05) is 25.1 Å². The van der Waals surface area contributed by atoms with E-state index in [0.717, 1.165) is 23.4 Å². The van der Waals surface area contributed by atoms with E-state index in [1.54, 1.807) is 9.80 Å². The fraction of sp³-hybridized carbons (Fsp3) is 0.459. The number of anilines is 4. The summed E-state index contributed by atoms with van der Waals surface area (Å²) in [5, 5.41) is 22.7. The van der Waals surface area contributed by atoms with Gasteiger partial charge in [-0.05, 0) is 106 Å². The van der Waals surface area contributed by atoms with E-state index >= 15 is 0 Å². The second-order valence-corrected chi connectivity index (χ2v) is 17.6. The quantitative estimate of drug-likeness (QED) is 0.158. The Balaban J connectivity index is 1.50. The van der Waals surface area contributed by atoms with Crippen LogP contribution in [0.25, 0.3) is 0 Å². The lowest BCUT2D eigenvalue weighted by Crippen LogP contribution is -2.49. The van der Waals surface area contributed by atoms with E-state index in [0.29, 0.717) is 55.0 Å². The fourth-order valence-electron chi connectivity index (χ4n) is 8.08. The monoisotopic (exact) mass is 673 g/mol. The molecule has 48 heavy (non-hydrogen) atoms. The van der Waals surface area contributed by atoms with Gasteiger partial charge < -0.3 is 29.8 Å². The molecule has 1 spiro atoms. The molecule has 0 bridgehead atoms. The number of benzene rings is 3. The Morgan fingerprint density at radius 1 is 0.958 bits per heavy atom. The number of para-hydroxylation sites is 1. The Kier molecular flexibility index (Phi) is 9.81. The molecule has 3 heterocycles. The van der Waals surface area contributed by atoms with Crippen LogP contribution in [0.3, 0.4) is 0 Å². The van der Waals surface area contributed by atoms with Gasteiger partial charge in [0.05, 0.1) is 30.1 Å². The van der Waals surface area contributed by atoms with Crippen molar-refractivity contribution in [1.82, 2.24) is 5.32 Å². The van der Waals surface area contributed by atoms with Crippen LogP contribution in [0.1, 0.15) is 44.2 Å². The highest BCUT2D eigenvalue weighted by atomic mass is 28.4. The van der Waals surface area contributed by atoms with Gasteiger partial charge in [0.2, 0.25) is 5.91 Å². The number of aliphatic hydroxyl groups is 2. The summed E-state index contributed by atoms with van der Waals surface area (Å²) in [4.78, 5) is 44.1.